The third kappa shape index (κ3) is 2.88. The van der Waals surface area contributed by atoms with Gasteiger partial charge in [-0.25, -0.2) is 9.38 Å². The smallest absolute Gasteiger partial charge is 0.282 e. The van der Waals surface area contributed by atoms with E-state index >= 15 is 0 Å². The number of aliphatic imine (C=N–C) groups is 1. The lowest BCUT2D eigenvalue weighted by Gasteiger charge is -2.38. The van der Waals surface area contributed by atoms with Crippen molar-refractivity contribution in [2.45, 2.75) is 25.3 Å². The summed E-state index contributed by atoms with van der Waals surface area (Å²) in [7, 11) is 0. The lowest BCUT2D eigenvalue weighted by Crippen LogP contribution is -2.43. The van der Waals surface area contributed by atoms with Gasteiger partial charge in [0.15, 0.2) is 0 Å². The number of nitrogens with zero attached hydrogens (tertiary/aromatic N) is 1. The van der Waals surface area contributed by atoms with Crippen LogP contribution >= 0.6 is 11.3 Å². The molecule has 0 radical (unpaired) electrons. The highest BCUT2D eigenvalue weighted by molar-refractivity contribution is 7.20. The molecule has 1 atom stereocenters. The number of anilines is 1. The fraction of sp³-hybridized carbons (Fsp3) is 0.273. The number of carbonyl (C=O) groups is 1. The summed E-state index contributed by atoms with van der Waals surface area (Å²) in [6, 6.07) is 14.4. The van der Waals surface area contributed by atoms with Gasteiger partial charge >= 0.3 is 0 Å². The van der Waals surface area contributed by atoms with Crippen LogP contribution in [0.15, 0.2) is 53.5 Å². The molecular weight excluding hydrogens is 389 g/mol. The largest absolute Gasteiger partial charge is 0.465 e. The predicted octanol–water partition coefficient (Wildman–Crippen LogP) is 4.63. The molecule has 3 aromatic rings. The van der Waals surface area contributed by atoms with Gasteiger partial charge in [-0.2, -0.15) is 0 Å². The van der Waals surface area contributed by atoms with Crippen LogP contribution in [-0.4, -0.2) is 18.5 Å². The Morgan fingerprint density at radius 2 is 2.03 bits per heavy atom. The van der Waals surface area contributed by atoms with Gasteiger partial charge in [0.05, 0.1) is 11.5 Å². The number of amides is 1. The molecule has 2 aliphatic rings. The Balaban J connectivity index is 1.48. The molecule has 148 valence electrons. The minimum Gasteiger partial charge on any atom is -0.465 e. The number of carbonyl (C=O) groups excluding carboxylic acids is 1. The zero-order chi connectivity index (χ0) is 20.2. The molecule has 1 spiro atoms. The summed E-state index contributed by atoms with van der Waals surface area (Å²) in [5.74, 6) is -0.581. The van der Waals surface area contributed by atoms with Gasteiger partial charge in [-0.15, -0.1) is 11.3 Å². The maximum Gasteiger partial charge on any atom is 0.282 e. The predicted molar refractivity (Wildman–Crippen MR) is 113 cm³/mol. The quantitative estimate of drug-likeness (QED) is 0.662. The average Bonchev–Trinajstić information content (AvgIpc) is 3.36. The summed E-state index contributed by atoms with van der Waals surface area (Å²) in [6.07, 6.45) is 1.80. The van der Waals surface area contributed by atoms with Gasteiger partial charge in [-0.05, 0) is 55.5 Å². The normalized spacial score (nSPS) is 22.2. The number of amidine groups is 1. The standard InChI is InChI=1S/C22H20FN3O2S/c1-21(22(8-9-22)12-28-20(24)26-21)15-11-14(6-7-16(15)23)25-19(27)18-10-13-4-2-3-5-17(13)29-18/h2-7,10-11H,8-9,12H2,1H3,(H2,24,26)(H,25,27)/t21-/m1/s1. The summed E-state index contributed by atoms with van der Waals surface area (Å²) in [4.78, 5) is 17.9. The number of benzene rings is 2. The van der Waals surface area contributed by atoms with Gasteiger partial charge in [0.2, 0.25) is 0 Å². The van der Waals surface area contributed by atoms with Crippen LogP contribution in [0.25, 0.3) is 10.1 Å². The first kappa shape index (κ1) is 18.1. The molecule has 1 aromatic heterocycles. The van der Waals surface area contributed by atoms with E-state index in [-0.39, 0.29) is 23.2 Å². The van der Waals surface area contributed by atoms with Crippen LogP contribution in [0.2, 0.25) is 0 Å². The zero-order valence-corrected chi connectivity index (χ0v) is 16.7. The highest BCUT2D eigenvalue weighted by Gasteiger charge is 2.61. The molecule has 3 N–H and O–H groups in total. The van der Waals surface area contributed by atoms with Crippen molar-refractivity contribution in [1.29, 1.82) is 0 Å². The summed E-state index contributed by atoms with van der Waals surface area (Å²) in [6.45, 7) is 2.32. The van der Waals surface area contributed by atoms with Crippen molar-refractivity contribution in [3.8, 4) is 0 Å². The number of hydrogen-bond acceptors (Lipinski definition) is 5. The highest BCUT2D eigenvalue weighted by Crippen LogP contribution is 2.62. The monoisotopic (exact) mass is 409 g/mol. The third-order valence-corrected chi connectivity index (χ3v) is 7.23. The van der Waals surface area contributed by atoms with Crippen molar-refractivity contribution in [2.24, 2.45) is 16.1 Å². The van der Waals surface area contributed by atoms with E-state index in [4.69, 9.17) is 10.5 Å². The van der Waals surface area contributed by atoms with Crippen LogP contribution in [0.4, 0.5) is 10.1 Å². The van der Waals surface area contributed by atoms with E-state index in [0.717, 1.165) is 22.9 Å². The van der Waals surface area contributed by atoms with Crippen molar-refractivity contribution in [3.05, 3.63) is 64.8 Å². The molecule has 5 nitrogen and oxygen atoms in total. The maximum atomic E-state index is 14.8. The molecule has 1 saturated carbocycles. The molecule has 1 amide bonds. The Labute approximate surface area is 171 Å². The fourth-order valence-corrected chi connectivity index (χ4v) is 5.07. The van der Waals surface area contributed by atoms with Gasteiger partial charge in [0, 0.05) is 21.4 Å². The van der Waals surface area contributed by atoms with Crippen LogP contribution < -0.4 is 11.1 Å². The topological polar surface area (TPSA) is 76.7 Å². The Bertz CT molecular complexity index is 1130. The Kier molecular flexibility index (Phi) is 3.93. The number of halogens is 1. The molecule has 29 heavy (non-hydrogen) atoms. The number of fused-ring (bicyclic) bond motifs is 1. The lowest BCUT2D eigenvalue weighted by molar-refractivity contribution is 0.103. The molecule has 1 fully saturated rings. The van der Waals surface area contributed by atoms with Crippen LogP contribution in [-0.2, 0) is 10.3 Å². The lowest BCUT2D eigenvalue weighted by atomic mass is 9.76. The summed E-state index contributed by atoms with van der Waals surface area (Å²) >= 11 is 1.43. The molecule has 0 bridgehead atoms. The van der Waals surface area contributed by atoms with Crippen molar-refractivity contribution in [3.63, 3.8) is 0 Å². The van der Waals surface area contributed by atoms with E-state index in [1.807, 2.05) is 37.3 Å². The van der Waals surface area contributed by atoms with Crippen LogP contribution in [0, 0.1) is 11.2 Å². The number of ether oxygens (including phenoxy) is 1. The Morgan fingerprint density at radius 1 is 1.24 bits per heavy atom. The summed E-state index contributed by atoms with van der Waals surface area (Å²) in [5, 5.41) is 3.92. The van der Waals surface area contributed by atoms with Crippen molar-refractivity contribution in [2.75, 3.05) is 11.9 Å². The first-order chi connectivity index (χ1) is 13.9. The van der Waals surface area contributed by atoms with Crippen molar-refractivity contribution >= 4 is 39.0 Å². The first-order valence-electron chi connectivity index (χ1n) is 9.48. The van der Waals surface area contributed by atoms with E-state index in [9.17, 15) is 9.18 Å². The Hall–Kier alpha value is -2.93. The SMILES string of the molecule is C[C@]1(c2cc(NC(=O)c3cc4ccccc4s3)ccc2F)N=C(N)OCC12CC2. The minimum atomic E-state index is -0.822. The average molecular weight is 409 g/mol. The molecule has 1 aliphatic carbocycles. The number of hydrogen-bond donors (Lipinski definition) is 2. The molecule has 5 rings (SSSR count). The summed E-state index contributed by atoms with van der Waals surface area (Å²) in [5.41, 5.74) is 5.70. The third-order valence-electron chi connectivity index (χ3n) is 6.11. The minimum absolute atomic E-state index is 0.0733. The molecular formula is C22H20FN3O2S. The molecule has 7 heteroatoms. The van der Waals surface area contributed by atoms with Gasteiger partial charge in [0.1, 0.15) is 11.4 Å². The number of rotatable bonds is 3. The van der Waals surface area contributed by atoms with Gasteiger partial charge in [-0.1, -0.05) is 18.2 Å². The molecule has 0 saturated heterocycles. The molecule has 0 unspecified atom stereocenters. The highest BCUT2D eigenvalue weighted by atomic mass is 32.1. The fourth-order valence-electron chi connectivity index (χ4n) is 4.11. The number of nitrogens with one attached hydrogen (secondary N) is 1. The second-order valence-electron chi connectivity index (χ2n) is 7.89. The van der Waals surface area contributed by atoms with Crippen molar-refractivity contribution in [1.82, 2.24) is 0 Å². The van der Waals surface area contributed by atoms with Gasteiger partial charge < -0.3 is 15.8 Å². The van der Waals surface area contributed by atoms with Crippen molar-refractivity contribution < 1.29 is 13.9 Å². The first-order valence-corrected chi connectivity index (χ1v) is 10.3. The van der Waals surface area contributed by atoms with Crippen LogP contribution in [0.1, 0.15) is 35.0 Å². The second kappa shape index (κ2) is 6.29. The van der Waals surface area contributed by atoms with E-state index in [0.29, 0.717) is 22.7 Å². The molecule has 1 aliphatic heterocycles. The van der Waals surface area contributed by atoms with Crippen LogP contribution in [0.5, 0.6) is 0 Å². The molecule has 2 aromatic carbocycles. The van der Waals surface area contributed by atoms with Gasteiger partial charge in [0.25, 0.3) is 11.9 Å². The van der Waals surface area contributed by atoms with E-state index in [2.05, 4.69) is 10.3 Å². The van der Waals surface area contributed by atoms with Crippen LogP contribution in [0.3, 0.4) is 0 Å². The maximum absolute atomic E-state index is 14.8. The Morgan fingerprint density at radius 3 is 2.79 bits per heavy atom. The number of thiophene rings is 1. The zero-order valence-electron chi connectivity index (χ0n) is 15.9. The van der Waals surface area contributed by atoms with Gasteiger partial charge in [-0.3, -0.25) is 4.79 Å². The number of nitrogens with two attached hydrogens (primary N) is 1. The summed E-state index contributed by atoms with van der Waals surface area (Å²) < 4.78 is 21.3. The van der Waals surface area contributed by atoms with E-state index < -0.39 is 5.54 Å². The molecule has 2 heterocycles. The van der Waals surface area contributed by atoms with E-state index in [1.54, 1.807) is 12.1 Å². The second-order valence-corrected chi connectivity index (χ2v) is 8.97. The van der Waals surface area contributed by atoms with E-state index in [1.165, 1.54) is 17.4 Å².